The first kappa shape index (κ1) is 45.7. The molecule has 1 aliphatic carbocycles. The Labute approximate surface area is 228 Å². The van der Waals surface area contributed by atoms with Crippen LogP contribution in [0.15, 0.2) is 0 Å². The third kappa shape index (κ3) is 47.0. The summed E-state index contributed by atoms with van der Waals surface area (Å²) >= 11 is 0. The molecule has 1 saturated carbocycles. The van der Waals surface area contributed by atoms with Gasteiger partial charge < -0.3 is 28.4 Å². The molecule has 226 valence electrons. The number of methoxy groups -OCH3 is 6. The van der Waals surface area contributed by atoms with Crippen molar-refractivity contribution >= 4 is 0 Å². The van der Waals surface area contributed by atoms with Crippen LogP contribution in [0.25, 0.3) is 0 Å². The first-order chi connectivity index (χ1) is 17.0. The molecule has 0 aromatic rings. The smallest absolute Gasteiger partial charge is 0.0678 e. The van der Waals surface area contributed by atoms with E-state index in [1.807, 2.05) is 6.92 Å². The molecule has 0 radical (unpaired) electrons. The normalized spacial score (nSPS) is 13.4. The Morgan fingerprint density at radius 1 is 0.722 bits per heavy atom. The summed E-state index contributed by atoms with van der Waals surface area (Å²) < 4.78 is 29.3. The maximum absolute atomic E-state index is 5.20. The van der Waals surface area contributed by atoms with Crippen molar-refractivity contribution in [3.8, 4) is 0 Å². The van der Waals surface area contributed by atoms with Crippen LogP contribution in [0.4, 0.5) is 0 Å². The highest BCUT2D eigenvalue weighted by Gasteiger charge is 2.40. The average molecular weight is 527 g/mol. The lowest BCUT2D eigenvalue weighted by Crippen LogP contribution is -2.20. The van der Waals surface area contributed by atoms with Gasteiger partial charge in [0, 0.05) is 62.5 Å². The van der Waals surface area contributed by atoms with E-state index in [9.17, 15) is 0 Å². The zero-order chi connectivity index (χ0) is 29.3. The van der Waals surface area contributed by atoms with Gasteiger partial charge in [0.1, 0.15) is 0 Å². The summed E-state index contributed by atoms with van der Waals surface area (Å²) in [5, 5.41) is 0. The van der Waals surface area contributed by atoms with E-state index < -0.39 is 0 Å². The zero-order valence-electron chi connectivity index (χ0n) is 27.5. The van der Waals surface area contributed by atoms with Crippen LogP contribution < -0.4 is 0 Å². The van der Waals surface area contributed by atoms with E-state index in [1.54, 1.807) is 42.7 Å². The second-order valence-electron chi connectivity index (χ2n) is 9.28. The topological polar surface area (TPSA) is 55.4 Å². The van der Waals surface area contributed by atoms with E-state index in [1.165, 1.54) is 38.5 Å². The minimum Gasteiger partial charge on any atom is -0.385 e. The third-order valence-corrected chi connectivity index (χ3v) is 5.92. The molecular formula is C30H70O6. The number of ether oxygens (including phenoxy) is 6. The van der Waals surface area contributed by atoms with Crippen molar-refractivity contribution in [2.24, 2.45) is 0 Å². The van der Waals surface area contributed by atoms with Crippen molar-refractivity contribution in [3.63, 3.8) is 0 Å². The molecule has 0 heterocycles. The van der Waals surface area contributed by atoms with E-state index in [0.29, 0.717) is 11.7 Å². The Morgan fingerprint density at radius 3 is 1.31 bits per heavy atom. The summed E-state index contributed by atoms with van der Waals surface area (Å²) in [6, 6.07) is 0. The highest BCUT2D eigenvalue weighted by molar-refractivity contribution is 4.93. The predicted octanol–water partition coefficient (Wildman–Crippen LogP) is 8.35. The largest absolute Gasteiger partial charge is 0.385 e. The summed E-state index contributed by atoms with van der Waals surface area (Å²) in [6.07, 6.45) is 11.3. The molecule has 6 heteroatoms. The lowest BCUT2D eigenvalue weighted by molar-refractivity contribution is 0.0196. The highest BCUT2D eigenvalue weighted by atomic mass is 16.5. The van der Waals surface area contributed by atoms with Crippen LogP contribution in [-0.4, -0.2) is 79.8 Å². The highest BCUT2D eigenvalue weighted by Crippen LogP contribution is 2.41. The fourth-order valence-corrected chi connectivity index (χ4v) is 1.85. The predicted molar refractivity (Wildman–Crippen MR) is 159 cm³/mol. The van der Waals surface area contributed by atoms with Gasteiger partial charge in [-0.3, -0.25) is 0 Å². The first-order valence-corrected chi connectivity index (χ1v) is 14.1. The van der Waals surface area contributed by atoms with Gasteiger partial charge in [0.25, 0.3) is 0 Å². The SMILES string of the molecule is CCC(C)(C)OC.CCC(C)OC.CCC1(OC)CC1.CCCCCOC.CCCOC.CCOC. The number of unbranched alkanes of at least 4 members (excludes halogenated alkanes) is 2. The van der Waals surface area contributed by atoms with Gasteiger partial charge in [-0.05, 0) is 72.6 Å². The molecule has 0 N–H and O–H groups in total. The zero-order valence-corrected chi connectivity index (χ0v) is 27.5. The van der Waals surface area contributed by atoms with Gasteiger partial charge in [0.05, 0.1) is 17.3 Å². The Hall–Kier alpha value is -0.240. The molecule has 36 heavy (non-hydrogen) atoms. The molecule has 1 unspecified atom stereocenters. The molecule has 6 nitrogen and oxygen atoms in total. The molecule has 0 spiro atoms. The van der Waals surface area contributed by atoms with Crippen molar-refractivity contribution in [1.82, 2.24) is 0 Å². The van der Waals surface area contributed by atoms with Crippen molar-refractivity contribution in [1.29, 1.82) is 0 Å². The lowest BCUT2D eigenvalue weighted by Gasteiger charge is -2.19. The van der Waals surface area contributed by atoms with Crippen molar-refractivity contribution < 1.29 is 28.4 Å². The third-order valence-electron chi connectivity index (χ3n) is 5.92. The molecule has 0 saturated heterocycles. The van der Waals surface area contributed by atoms with Gasteiger partial charge in [0.2, 0.25) is 0 Å². The molecule has 0 bridgehead atoms. The molecule has 0 amide bonds. The fourth-order valence-electron chi connectivity index (χ4n) is 1.85. The van der Waals surface area contributed by atoms with Crippen LogP contribution in [-0.2, 0) is 28.4 Å². The van der Waals surface area contributed by atoms with Crippen molar-refractivity contribution in [3.05, 3.63) is 0 Å². The standard InChI is InChI=1S/C6H12O.2C6H14O.C5H12O.C4H10O.C3H8O/c1-3-6(7-2)4-5-6;1-5-6(2,3)7-4;1-3-4-5-6-7-2;1-4-5(2)6-3;1-3-4-5-2;1-3-4-2/h3-5H2,1-2H3;5H2,1-4H3;3-6H2,1-2H3;5H,4H2,1-3H3;3-4H2,1-2H3;3H2,1-2H3. The minimum absolute atomic E-state index is 0.0833. The van der Waals surface area contributed by atoms with E-state index in [2.05, 4.69) is 60.1 Å². The second-order valence-corrected chi connectivity index (χ2v) is 9.28. The maximum atomic E-state index is 5.20. The summed E-state index contributed by atoms with van der Waals surface area (Å²) in [5.74, 6) is 0. The maximum Gasteiger partial charge on any atom is 0.0678 e. The molecule has 0 aromatic heterocycles. The van der Waals surface area contributed by atoms with Gasteiger partial charge in [0.15, 0.2) is 0 Å². The van der Waals surface area contributed by atoms with Gasteiger partial charge in [-0.15, -0.1) is 0 Å². The van der Waals surface area contributed by atoms with Crippen LogP contribution in [0, 0.1) is 0 Å². The fraction of sp³-hybridized carbons (Fsp3) is 1.00. The molecular weight excluding hydrogens is 456 g/mol. The Balaban J connectivity index is -0.000000108. The number of hydrogen-bond donors (Lipinski definition) is 0. The molecule has 1 fully saturated rings. The lowest BCUT2D eigenvalue weighted by atomic mass is 10.1. The summed E-state index contributed by atoms with van der Waals surface area (Å²) in [7, 11) is 10.4. The molecule has 1 rings (SSSR count). The van der Waals surface area contributed by atoms with E-state index in [0.717, 1.165) is 39.1 Å². The van der Waals surface area contributed by atoms with E-state index in [-0.39, 0.29) is 5.60 Å². The molecule has 0 aliphatic heterocycles. The first-order valence-electron chi connectivity index (χ1n) is 14.1. The van der Waals surface area contributed by atoms with Crippen LogP contribution in [0.1, 0.15) is 120 Å². The van der Waals surface area contributed by atoms with Gasteiger partial charge in [-0.25, -0.2) is 0 Å². The van der Waals surface area contributed by atoms with Gasteiger partial charge >= 0.3 is 0 Å². The Kier molecular flexibility index (Phi) is 46.8. The Morgan fingerprint density at radius 2 is 1.22 bits per heavy atom. The molecule has 1 atom stereocenters. The minimum atomic E-state index is 0.0833. The number of rotatable bonds is 13. The monoisotopic (exact) mass is 527 g/mol. The van der Waals surface area contributed by atoms with Gasteiger partial charge in [-0.2, -0.15) is 0 Å². The summed E-state index contributed by atoms with van der Waals surface area (Å²) in [4.78, 5) is 0. The number of hydrogen-bond acceptors (Lipinski definition) is 6. The van der Waals surface area contributed by atoms with Gasteiger partial charge in [-0.1, -0.05) is 47.5 Å². The quantitative estimate of drug-likeness (QED) is 0.225. The van der Waals surface area contributed by atoms with Crippen molar-refractivity contribution in [2.75, 3.05) is 62.5 Å². The Bertz CT molecular complexity index is 316. The molecule has 1 aliphatic rings. The second kappa shape index (κ2) is 36.9. The average Bonchev–Trinajstić information content (AvgIpc) is 3.71. The van der Waals surface area contributed by atoms with Crippen LogP contribution in [0.2, 0.25) is 0 Å². The summed E-state index contributed by atoms with van der Waals surface area (Å²) in [5.41, 5.74) is 0.417. The van der Waals surface area contributed by atoms with E-state index >= 15 is 0 Å². The summed E-state index contributed by atoms with van der Waals surface area (Å²) in [6.45, 7) is 21.5. The van der Waals surface area contributed by atoms with E-state index in [4.69, 9.17) is 23.7 Å². The van der Waals surface area contributed by atoms with Crippen LogP contribution in [0.5, 0.6) is 0 Å². The van der Waals surface area contributed by atoms with Crippen LogP contribution in [0.3, 0.4) is 0 Å². The molecule has 0 aromatic carbocycles. The van der Waals surface area contributed by atoms with Crippen LogP contribution >= 0.6 is 0 Å². The van der Waals surface area contributed by atoms with Crippen molar-refractivity contribution in [2.45, 2.75) is 137 Å².